The van der Waals surface area contributed by atoms with E-state index in [1.54, 1.807) is 48.5 Å². The van der Waals surface area contributed by atoms with Crippen LogP contribution in [0.25, 0.3) is 11.0 Å². The highest BCUT2D eigenvalue weighted by molar-refractivity contribution is 6.20. The van der Waals surface area contributed by atoms with E-state index in [0.717, 1.165) is 10.3 Å². The highest BCUT2D eigenvalue weighted by Gasteiger charge is 2.47. The number of nitrogens with zero attached hydrogens (tertiary/aromatic N) is 1. The molecule has 0 saturated heterocycles. The van der Waals surface area contributed by atoms with Crippen LogP contribution in [-0.4, -0.2) is 21.9 Å². The number of aliphatic hydroxyl groups excluding tert-OH is 1. The molecule has 1 amide bonds. The van der Waals surface area contributed by atoms with Crippen LogP contribution in [0.3, 0.4) is 0 Å². The Kier molecular flexibility index (Phi) is 3.96. The summed E-state index contributed by atoms with van der Waals surface area (Å²) < 4.78 is 11.1. The number of Topliss-reactive ketones (excluding diaryl/α,β-unsaturated/α-hetero) is 1. The van der Waals surface area contributed by atoms with Crippen LogP contribution in [0.2, 0.25) is 0 Å². The molecule has 0 spiro atoms. The molecule has 2 N–H and O–H groups in total. The number of aromatic hydroxyl groups is 1. The zero-order valence-electron chi connectivity index (χ0n) is 15.5. The number of phenolic OH excluding ortho intramolecular Hbond substituents is 1. The van der Waals surface area contributed by atoms with Gasteiger partial charge in [0.2, 0.25) is 5.78 Å². The molecular weight excluding hydrogens is 386 g/mol. The summed E-state index contributed by atoms with van der Waals surface area (Å²) in [6, 6.07) is 17.0. The number of para-hydroxylation sites is 3. The molecule has 0 aliphatic carbocycles. The number of benzene rings is 2. The van der Waals surface area contributed by atoms with E-state index in [1.165, 1.54) is 18.4 Å². The van der Waals surface area contributed by atoms with Crippen LogP contribution in [0.4, 0.5) is 5.69 Å². The predicted molar refractivity (Wildman–Crippen MR) is 107 cm³/mol. The minimum Gasteiger partial charge on any atom is -0.506 e. The zero-order valence-corrected chi connectivity index (χ0v) is 15.5. The van der Waals surface area contributed by atoms with Gasteiger partial charge in [0.1, 0.15) is 23.1 Å². The highest BCUT2D eigenvalue weighted by Crippen LogP contribution is 2.44. The van der Waals surface area contributed by atoms with Gasteiger partial charge in [0, 0.05) is 5.39 Å². The fourth-order valence-electron chi connectivity index (χ4n) is 3.70. The summed E-state index contributed by atoms with van der Waals surface area (Å²) in [7, 11) is 0. The molecule has 0 radical (unpaired) electrons. The van der Waals surface area contributed by atoms with Crippen molar-refractivity contribution in [1.29, 1.82) is 0 Å². The number of anilines is 1. The normalized spacial score (nSPS) is 16.6. The van der Waals surface area contributed by atoms with Crippen molar-refractivity contribution in [3.05, 3.63) is 95.8 Å². The lowest BCUT2D eigenvalue weighted by atomic mass is 9.99. The molecule has 148 valence electrons. The fourth-order valence-corrected chi connectivity index (χ4v) is 3.70. The average molecular weight is 401 g/mol. The number of hydrogen-bond donors (Lipinski definition) is 2. The third kappa shape index (κ3) is 2.60. The van der Waals surface area contributed by atoms with E-state index in [4.69, 9.17) is 8.83 Å². The van der Waals surface area contributed by atoms with Gasteiger partial charge in [0.05, 0.1) is 17.5 Å². The molecule has 30 heavy (non-hydrogen) atoms. The van der Waals surface area contributed by atoms with Gasteiger partial charge < -0.3 is 19.0 Å². The van der Waals surface area contributed by atoms with Crippen LogP contribution < -0.4 is 4.90 Å². The van der Waals surface area contributed by atoms with Gasteiger partial charge in [0.15, 0.2) is 11.5 Å². The Morgan fingerprint density at radius 3 is 2.47 bits per heavy atom. The number of furan rings is 2. The van der Waals surface area contributed by atoms with Crippen molar-refractivity contribution >= 4 is 28.3 Å². The summed E-state index contributed by atoms with van der Waals surface area (Å²) in [5, 5.41) is 21.7. The Morgan fingerprint density at radius 1 is 0.967 bits per heavy atom. The number of carbonyl (C=O) groups is 2. The van der Waals surface area contributed by atoms with Crippen LogP contribution in [0.15, 0.2) is 93.2 Å². The second-order valence-electron chi connectivity index (χ2n) is 6.82. The number of amides is 1. The summed E-state index contributed by atoms with van der Waals surface area (Å²) >= 11 is 0. The molecule has 1 aliphatic heterocycles. The number of hydrogen-bond acceptors (Lipinski definition) is 6. The Balaban J connectivity index is 1.66. The number of phenols is 1. The van der Waals surface area contributed by atoms with E-state index in [1.807, 2.05) is 6.07 Å². The molecule has 1 unspecified atom stereocenters. The average Bonchev–Trinajstić information content (AvgIpc) is 3.47. The van der Waals surface area contributed by atoms with Crippen molar-refractivity contribution in [2.45, 2.75) is 6.04 Å². The molecule has 1 atom stereocenters. The molecule has 2 aromatic heterocycles. The lowest BCUT2D eigenvalue weighted by Gasteiger charge is -2.25. The Morgan fingerprint density at radius 2 is 1.73 bits per heavy atom. The van der Waals surface area contributed by atoms with Crippen LogP contribution in [-0.2, 0) is 4.79 Å². The number of aliphatic hydroxyl groups is 1. The fraction of sp³-hybridized carbons (Fsp3) is 0.0435. The Hall–Kier alpha value is -4.26. The standard InChI is InChI=1S/C23H15NO6/c25-15-8-3-2-7-14(15)24-20(17-10-5-11-29-17)19(22(27)23(24)28)21(26)18-12-13-6-1-4-9-16(13)30-18/h1-12,20,25,27H. The summed E-state index contributed by atoms with van der Waals surface area (Å²) in [5.41, 5.74) is 0.470. The zero-order chi connectivity index (χ0) is 20.8. The summed E-state index contributed by atoms with van der Waals surface area (Å²) in [6.07, 6.45) is 1.40. The topological polar surface area (TPSA) is 104 Å². The molecule has 1 aliphatic rings. The predicted octanol–water partition coefficient (Wildman–Crippen LogP) is 4.51. The maximum Gasteiger partial charge on any atom is 0.294 e. The van der Waals surface area contributed by atoms with Gasteiger partial charge in [-0.3, -0.25) is 14.5 Å². The maximum absolute atomic E-state index is 13.3. The molecule has 7 nitrogen and oxygen atoms in total. The quantitative estimate of drug-likeness (QED) is 0.488. The number of rotatable bonds is 4. The minimum atomic E-state index is -1.07. The Bertz CT molecular complexity index is 1280. The van der Waals surface area contributed by atoms with E-state index in [-0.39, 0.29) is 28.5 Å². The van der Waals surface area contributed by atoms with Gasteiger partial charge >= 0.3 is 0 Å². The van der Waals surface area contributed by atoms with Crippen molar-refractivity contribution in [2.24, 2.45) is 0 Å². The lowest BCUT2D eigenvalue weighted by molar-refractivity contribution is -0.117. The molecule has 7 heteroatoms. The summed E-state index contributed by atoms with van der Waals surface area (Å²) in [5.74, 6) is -2.11. The van der Waals surface area contributed by atoms with Gasteiger partial charge in [-0.1, -0.05) is 30.3 Å². The smallest absolute Gasteiger partial charge is 0.294 e. The minimum absolute atomic E-state index is 0.0127. The van der Waals surface area contributed by atoms with Crippen molar-refractivity contribution in [3.8, 4) is 5.75 Å². The van der Waals surface area contributed by atoms with Gasteiger partial charge in [-0.25, -0.2) is 0 Å². The SMILES string of the molecule is O=C(C1=C(O)C(=O)N(c2ccccc2O)C1c1ccco1)c1cc2ccccc2o1. The van der Waals surface area contributed by atoms with E-state index in [9.17, 15) is 19.8 Å². The molecule has 5 rings (SSSR count). The lowest BCUT2D eigenvalue weighted by Crippen LogP contribution is -2.30. The van der Waals surface area contributed by atoms with Crippen LogP contribution in [0.5, 0.6) is 5.75 Å². The first-order valence-electron chi connectivity index (χ1n) is 9.17. The first-order valence-corrected chi connectivity index (χ1v) is 9.17. The monoisotopic (exact) mass is 401 g/mol. The van der Waals surface area contributed by atoms with Crippen LogP contribution >= 0.6 is 0 Å². The first-order chi connectivity index (χ1) is 14.6. The van der Waals surface area contributed by atoms with Crippen molar-refractivity contribution in [1.82, 2.24) is 0 Å². The number of ketones is 1. The van der Waals surface area contributed by atoms with Crippen LogP contribution in [0.1, 0.15) is 22.4 Å². The molecule has 4 aromatic rings. The highest BCUT2D eigenvalue weighted by atomic mass is 16.3. The number of fused-ring (bicyclic) bond motifs is 1. The molecule has 0 fully saturated rings. The maximum atomic E-state index is 13.3. The largest absolute Gasteiger partial charge is 0.506 e. The third-order valence-electron chi connectivity index (χ3n) is 5.06. The van der Waals surface area contributed by atoms with Gasteiger partial charge in [-0.15, -0.1) is 0 Å². The second-order valence-corrected chi connectivity index (χ2v) is 6.82. The molecular formula is C23H15NO6. The Labute approximate surface area is 170 Å². The van der Waals surface area contributed by atoms with Crippen molar-refractivity contribution < 1.29 is 28.6 Å². The third-order valence-corrected chi connectivity index (χ3v) is 5.06. The molecule has 3 heterocycles. The van der Waals surface area contributed by atoms with Crippen LogP contribution in [0, 0.1) is 0 Å². The molecule has 0 saturated carbocycles. The van der Waals surface area contributed by atoms with Crippen molar-refractivity contribution in [2.75, 3.05) is 4.90 Å². The van der Waals surface area contributed by atoms with Gasteiger partial charge in [-0.2, -0.15) is 0 Å². The van der Waals surface area contributed by atoms with Gasteiger partial charge in [-0.05, 0) is 36.4 Å². The summed E-state index contributed by atoms with van der Waals surface area (Å²) in [6.45, 7) is 0. The van der Waals surface area contributed by atoms with E-state index in [0.29, 0.717) is 5.58 Å². The number of carbonyl (C=O) groups excluding carboxylic acids is 2. The summed E-state index contributed by atoms with van der Waals surface area (Å²) in [4.78, 5) is 27.4. The van der Waals surface area contributed by atoms with E-state index in [2.05, 4.69) is 0 Å². The van der Waals surface area contributed by atoms with Gasteiger partial charge in [0.25, 0.3) is 5.91 Å². The van der Waals surface area contributed by atoms with E-state index >= 15 is 0 Å². The second kappa shape index (κ2) is 6.66. The molecule has 2 aromatic carbocycles. The van der Waals surface area contributed by atoms with E-state index < -0.39 is 23.5 Å². The van der Waals surface area contributed by atoms with Crippen molar-refractivity contribution in [3.63, 3.8) is 0 Å². The first kappa shape index (κ1) is 17.8. The molecule has 0 bridgehead atoms.